The second-order valence-electron chi connectivity index (χ2n) is 6.94. The molecule has 1 saturated heterocycles. The van der Waals surface area contributed by atoms with Gasteiger partial charge in [-0.05, 0) is 49.9 Å². The van der Waals surface area contributed by atoms with E-state index in [0.29, 0.717) is 24.2 Å². The minimum absolute atomic E-state index is 0.136. The van der Waals surface area contributed by atoms with E-state index in [-0.39, 0.29) is 11.8 Å². The van der Waals surface area contributed by atoms with E-state index < -0.39 is 0 Å². The number of piperidine rings is 1. The van der Waals surface area contributed by atoms with Crippen LogP contribution in [0, 0.1) is 5.92 Å². The van der Waals surface area contributed by atoms with Gasteiger partial charge in [-0.15, -0.1) is 0 Å². The second-order valence-corrected chi connectivity index (χ2v) is 6.94. The SMILES string of the molecule is COc1ccc(-c2noc(C3CCCN(C(=O)C4CCC4)C3)n2)cc1. The molecule has 132 valence electrons. The first-order chi connectivity index (χ1) is 12.2. The van der Waals surface area contributed by atoms with Crippen LogP contribution in [0.25, 0.3) is 11.4 Å². The molecule has 6 nitrogen and oxygen atoms in total. The summed E-state index contributed by atoms with van der Waals surface area (Å²) in [5.74, 6) is 2.71. The van der Waals surface area contributed by atoms with E-state index in [1.54, 1.807) is 7.11 Å². The average Bonchev–Trinajstić information content (AvgIpc) is 3.10. The Bertz CT molecular complexity index is 737. The summed E-state index contributed by atoms with van der Waals surface area (Å²) in [5, 5.41) is 4.12. The quantitative estimate of drug-likeness (QED) is 0.854. The predicted molar refractivity (Wildman–Crippen MR) is 92.2 cm³/mol. The van der Waals surface area contributed by atoms with Gasteiger partial charge in [-0.1, -0.05) is 11.6 Å². The molecule has 1 amide bonds. The lowest BCUT2D eigenvalue weighted by Crippen LogP contribution is -2.44. The van der Waals surface area contributed by atoms with Gasteiger partial charge in [0.05, 0.1) is 13.0 Å². The summed E-state index contributed by atoms with van der Waals surface area (Å²) in [6, 6.07) is 7.59. The fourth-order valence-electron chi connectivity index (χ4n) is 3.55. The van der Waals surface area contributed by atoms with Crippen LogP contribution in [0.15, 0.2) is 28.8 Å². The lowest BCUT2D eigenvalue weighted by atomic mass is 9.83. The molecule has 0 N–H and O–H groups in total. The number of carbonyl (C=O) groups excluding carboxylic acids is 1. The third-order valence-electron chi connectivity index (χ3n) is 5.33. The molecule has 2 heterocycles. The van der Waals surface area contributed by atoms with Gasteiger partial charge in [0.15, 0.2) is 0 Å². The van der Waals surface area contributed by atoms with E-state index in [1.165, 1.54) is 6.42 Å². The van der Waals surface area contributed by atoms with Crippen LogP contribution in [0.3, 0.4) is 0 Å². The molecule has 6 heteroatoms. The van der Waals surface area contributed by atoms with Gasteiger partial charge in [0.1, 0.15) is 5.75 Å². The first-order valence-corrected chi connectivity index (χ1v) is 9.01. The molecule has 25 heavy (non-hydrogen) atoms. The highest BCUT2D eigenvalue weighted by Gasteiger charge is 2.34. The molecule has 1 aliphatic heterocycles. The monoisotopic (exact) mass is 341 g/mol. The fourth-order valence-corrected chi connectivity index (χ4v) is 3.55. The standard InChI is InChI=1S/C19H23N3O3/c1-24-16-9-7-13(8-10-16)17-20-18(25-21-17)15-6-3-11-22(12-15)19(23)14-4-2-5-14/h7-10,14-15H,2-6,11-12H2,1H3. The van der Waals surface area contributed by atoms with Crippen molar-refractivity contribution in [3.8, 4) is 17.1 Å². The Morgan fingerprint density at radius 2 is 2.00 bits per heavy atom. The summed E-state index contributed by atoms with van der Waals surface area (Å²) < 4.78 is 10.7. The molecule has 0 spiro atoms. The lowest BCUT2D eigenvalue weighted by Gasteiger charge is -2.36. The molecule has 1 unspecified atom stereocenters. The maximum absolute atomic E-state index is 12.5. The molecule has 1 atom stereocenters. The van der Waals surface area contributed by atoms with Crippen LogP contribution in [0.5, 0.6) is 5.75 Å². The van der Waals surface area contributed by atoms with Gasteiger partial charge in [0.25, 0.3) is 0 Å². The number of aromatic nitrogens is 2. The maximum Gasteiger partial charge on any atom is 0.231 e. The average molecular weight is 341 g/mol. The number of hydrogen-bond donors (Lipinski definition) is 0. The molecular formula is C19H23N3O3. The Balaban J connectivity index is 1.46. The van der Waals surface area contributed by atoms with Gasteiger partial charge < -0.3 is 14.2 Å². The largest absolute Gasteiger partial charge is 0.497 e. The zero-order valence-electron chi connectivity index (χ0n) is 14.5. The third-order valence-corrected chi connectivity index (χ3v) is 5.33. The van der Waals surface area contributed by atoms with Gasteiger partial charge in [-0.3, -0.25) is 4.79 Å². The molecule has 1 aromatic heterocycles. The number of likely N-dealkylation sites (tertiary alicyclic amines) is 1. The van der Waals surface area contributed by atoms with Crippen LogP contribution in [0.2, 0.25) is 0 Å². The lowest BCUT2D eigenvalue weighted by molar-refractivity contribution is -0.139. The number of amides is 1. The zero-order chi connectivity index (χ0) is 17.2. The number of hydrogen-bond acceptors (Lipinski definition) is 5. The number of ether oxygens (including phenoxy) is 1. The van der Waals surface area contributed by atoms with E-state index in [0.717, 1.165) is 43.5 Å². The predicted octanol–water partition coefficient (Wildman–Crippen LogP) is 3.25. The normalized spacial score (nSPS) is 21.0. The summed E-state index contributed by atoms with van der Waals surface area (Å²) in [5.41, 5.74) is 0.897. The first kappa shape index (κ1) is 16.1. The minimum atomic E-state index is 0.136. The summed E-state index contributed by atoms with van der Waals surface area (Å²) in [6.45, 7) is 1.55. The van der Waals surface area contributed by atoms with Crippen molar-refractivity contribution >= 4 is 5.91 Å². The number of methoxy groups -OCH3 is 1. The molecule has 2 aliphatic rings. The smallest absolute Gasteiger partial charge is 0.231 e. The highest BCUT2D eigenvalue weighted by Crippen LogP contribution is 2.32. The topological polar surface area (TPSA) is 68.5 Å². The number of nitrogens with zero attached hydrogens (tertiary/aromatic N) is 3. The molecule has 1 saturated carbocycles. The summed E-state index contributed by atoms with van der Waals surface area (Å²) in [4.78, 5) is 19.1. The van der Waals surface area contributed by atoms with Gasteiger partial charge in [-0.2, -0.15) is 4.98 Å². The Morgan fingerprint density at radius 1 is 1.20 bits per heavy atom. The van der Waals surface area contributed by atoms with Crippen molar-refractivity contribution in [2.45, 2.75) is 38.0 Å². The van der Waals surface area contributed by atoms with Crippen molar-refractivity contribution in [1.82, 2.24) is 15.0 Å². The van der Waals surface area contributed by atoms with Crippen LogP contribution in [0.4, 0.5) is 0 Å². The molecule has 1 aliphatic carbocycles. The molecule has 4 rings (SSSR count). The number of rotatable bonds is 4. The van der Waals surface area contributed by atoms with Crippen LogP contribution in [-0.4, -0.2) is 41.1 Å². The first-order valence-electron chi connectivity index (χ1n) is 9.01. The molecule has 2 aromatic rings. The van der Waals surface area contributed by atoms with E-state index in [1.807, 2.05) is 29.2 Å². The van der Waals surface area contributed by atoms with Crippen LogP contribution < -0.4 is 4.74 Å². The summed E-state index contributed by atoms with van der Waals surface area (Å²) >= 11 is 0. The Morgan fingerprint density at radius 3 is 2.68 bits per heavy atom. The summed E-state index contributed by atoms with van der Waals surface area (Å²) in [6.07, 6.45) is 5.25. The van der Waals surface area contributed by atoms with Gasteiger partial charge in [-0.25, -0.2) is 0 Å². The molecule has 0 bridgehead atoms. The van der Waals surface area contributed by atoms with Crippen LogP contribution in [-0.2, 0) is 4.79 Å². The van der Waals surface area contributed by atoms with Crippen molar-refractivity contribution in [3.05, 3.63) is 30.2 Å². The molecule has 2 fully saturated rings. The Kier molecular flexibility index (Phi) is 4.42. The maximum atomic E-state index is 12.5. The highest BCUT2D eigenvalue weighted by atomic mass is 16.5. The van der Waals surface area contributed by atoms with E-state index in [9.17, 15) is 4.79 Å². The molecular weight excluding hydrogens is 318 g/mol. The molecule has 0 radical (unpaired) electrons. The number of benzene rings is 1. The van der Waals surface area contributed by atoms with Crippen LogP contribution in [0.1, 0.15) is 43.9 Å². The van der Waals surface area contributed by atoms with Crippen molar-refractivity contribution < 1.29 is 14.1 Å². The van der Waals surface area contributed by atoms with Crippen molar-refractivity contribution in [2.75, 3.05) is 20.2 Å². The molecule has 1 aromatic carbocycles. The highest BCUT2D eigenvalue weighted by molar-refractivity contribution is 5.79. The Hall–Kier alpha value is -2.37. The summed E-state index contributed by atoms with van der Waals surface area (Å²) in [7, 11) is 1.64. The minimum Gasteiger partial charge on any atom is -0.497 e. The van der Waals surface area contributed by atoms with Crippen molar-refractivity contribution in [1.29, 1.82) is 0 Å². The zero-order valence-corrected chi connectivity index (χ0v) is 14.5. The van der Waals surface area contributed by atoms with Crippen LogP contribution >= 0.6 is 0 Å². The van der Waals surface area contributed by atoms with Gasteiger partial charge in [0.2, 0.25) is 17.6 Å². The number of carbonyl (C=O) groups is 1. The second kappa shape index (κ2) is 6.86. The van der Waals surface area contributed by atoms with E-state index >= 15 is 0 Å². The fraction of sp³-hybridized carbons (Fsp3) is 0.526. The van der Waals surface area contributed by atoms with Gasteiger partial charge >= 0.3 is 0 Å². The van der Waals surface area contributed by atoms with Crippen molar-refractivity contribution in [3.63, 3.8) is 0 Å². The van der Waals surface area contributed by atoms with Crippen molar-refractivity contribution in [2.24, 2.45) is 5.92 Å². The third kappa shape index (κ3) is 3.25. The van der Waals surface area contributed by atoms with E-state index in [4.69, 9.17) is 9.26 Å². The van der Waals surface area contributed by atoms with Gasteiger partial charge in [0, 0.05) is 24.6 Å². The van der Waals surface area contributed by atoms with E-state index in [2.05, 4.69) is 10.1 Å². The Labute approximate surface area is 147 Å².